The van der Waals surface area contributed by atoms with Crippen LogP contribution in [0.3, 0.4) is 0 Å². The van der Waals surface area contributed by atoms with E-state index in [4.69, 9.17) is 5.11 Å². The van der Waals surface area contributed by atoms with Crippen LogP contribution in [0, 0.1) is 0 Å². The van der Waals surface area contributed by atoms with Crippen LogP contribution >= 0.6 is 0 Å². The molecular formula is C15H20O4. The molecule has 0 saturated heterocycles. The molecular weight excluding hydrogens is 244 g/mol. The molecule has 0 bridgehead atoms. The van der Waals surface area contributed by atoms with Crippen LogP contribution in [0.1, 0.15) is 49.3 Å². The van der Waals surface area contributed by atoms with Gasteiger partial charge in [0.2, 0.25) is 0 Å². The third-order valence-electron chi connectivity index (χ3n) is 4.14. The van der Waals surface area contributed by atoms with Crippen LogP contribution in [-0.4, -0.2) is 27.9 Å². The van der Waals surface area contributed by atoms with E-state index >= 15 is 0 Å². The maximum atomic E-state index is 11.7. The Morgan fingerprint density at radius 2 is 1.74 bits per heavy atom. The fourth-order valence-electron chi connectivity index (χ4n) is 2.91. The summed E-state index contributed by atoms with van der Waals surface area (Å²) in [4.78, 5) is 11.7. The van der Waals surface area contributed by atoms with Gasteiger partial charge in [-0.25, -0.2) is 0 Å². The van der Waals surface area contributed by atoms with Gasteiger partial charge in [0.1, 0.15) is 6.10 Å². The van der Waals surface area contributed by atoms with Crippen LogP contribution in [0.2, 0.25) is 0 Å². The van der Waals surface area contributed by atoms with Gasteiger partial charge in [-0.1, -0.05) is 43.5 Å². The standard InChI is InChI=1S/C15H20O4/c16-10-13(17)11-4-6-12(7-5-11)15(14(18)19)8-2-1-3-9-15/h4-7,13,16-17H,1-3,8-10H2,(H,18,19). The fraction of sp³-hybridized carbons (Fsp3) is 0.533. The highest BCUT2D eigenvalue weighted by Gasteiger charge is 2.41. The van der Waals surface area contributed by atoms with Crippen molar-refractivity contribution in [2.75, 3.05) is 6.61 Å². The minimum absolute atomic E-state index is 0.330. The Balaban J connectivity index is 2.30. The molecule has 2 rings (SSSR count). The van der Waals surface area contributed by atoms with Gasteiger partial charge in [0.05, 0.1) is 12.0 Å². The zero-order valence-corrected chi connectivity index (χ0v) is 10.9. The Bertz CT molecular complexity index is 432. The summed E-state index contributed by atoms with van der Waals surface area (Å²) in [5, 5.41) is 28.0. The molecule has 0 amide bonds. The number of benzene rings is 1. The van der Waals surface area contributed by atoms with Gasteiger partial charge in [0.25, 0.3) is 0 Å². The third kappa shape index (κ3) is 2.65. The van der Waals surface area contributed by atoms with Crippen molar-refractivity contribution in [3.05, 3.63) is 35.4 Å². The molecule has 1 fully saturated rings. The number of hydrogen-bond donors (Lipinski definition) is 3. The van der Waals surface area contributed by atoms with Gasteiger partial charge in [0.15, 0.2) is 0 Å². The topological polar surface area (TPSA) is 77.8 Å². The Morgan fingerprint density at radius 3 is 2.21 bits per heavy atom. The van der Waals surface area contributed by atoms with Gasteiger partial charge in [-0.15, -0.1) is 0 Å². The van der Waals surface area contributed by atoms with Gasteiger partial charge in [-0.2, -0.15) is 0 Å². The quantitative estimate of drug-likeness (QED) is 0.777. The van der Waals surface area contributed by atoms with Crippen molar-refractivity contribution in [3.63, 3.8) is 0 Å². The predicted octanol–water partition coefficient (Wildman–Crippen LogP) is 2.00. The molecule has 0 heterocycles. The maximum Gasteiger partial charge on any atom is 0.314 e. The number of aliphatic carboxylic acids is 1. The van der Waals surface area contributed by atoms with Crippen molar-refractivity contribution in [3.8, 4) is 0 Å². The molecule has 1 aliphatic rings. The van der Waals surface area contributed by atoms with E-state index in [1.165, 1.54) is 0 Å². The van der Waals surface area contributed by atoms with Crippen LogP contribution in [0.5, 0.6) is 0 Å². The minimum atomic E-state index is -0.902. The van der Waals surface area contributed by atoms with Crippen LogP contribution in [0.25, 0.3) is 0 Å². The van der Waals surface area contributed by atoms with E-state index in [0.29, 0.717) is 18.4 Å². The van der Waals surface area contributed by atoms with Gasteiger partial charge in [-0.05, 0) is 24.0 Å². The summed E-state index contributed by atoms with van der Waals surface area (Å²) in [6.45, 7) is -0.330. The van der Waals surface area contributed by atoms with E-state index in [1.807, 2.05) is 0 Å². The molecule has 0 aromatic heterocycles. The molecule has 104 valence electrons. The molecule has 19 heavy (non-hydrogen) atoms. The van der Waals surface area contributed by atoms with Gasteiger partial charge < -0.3 is 15.3 Å². The lowest BCUT2D eigenvalue weighted by molar-refractivity contribution is -0.145. The minimum Gasteiger partial charge on any atom is -0.481 e. The monoisotopic (exact) mass is 264 g/mol. The highest BCUT2D eigenvalue weighted by atomic mass is 16.4. The van der Waals surface area contributed by atoms with E-state index in [-0.39, 0.29) is 6.61 Å². The normalized spacial score (nSPS) is 19.9. The van der Waals surface area contributed by atoms with Crippen molar-refractivity contribution < 1.29 is 20.1 Å². The van der Waals surface area contributed by atoms with E-state index in [9.17, 15) is 15.0 Å². The largest absolute Gasteiger partial charge is 0.481 e. The summed E-state index contributed by atoms with van der Waals surface area (Å²) < 4.78 is 0. The smallest absolute Gasteiger partial charge is 0.314 e. The van der Waals surface area contributed by atoms with Crippen molar-refractivity contribution >= 4 is 5.97 Å². The molecule has 0 aliphatic heterocycles. The number of carbonyl (C=O) groups is 1. The lowest BCUT2D eigenvalue weighted by atomic mass is 9.69. The molecule has 1 unspecified atom stereocenters. The Hall–Kier alpha value is -1.39. The van der Waals surface area contributed by atoms with Crippen LogP contribution < -0.4 is 0 Å². The zero-order valence-electron chi connectivity index (χ0n) is 10.9. The first-order chi connectivity index (χ1) is 9.10. The number of carboxylic acids is 1. The first kappa shape index (κ1) is 14.0. The molecule has 1 aromatic rings. The van der Waals surface area contributed by atoms with Gasteiger partial charge >= 0.3 is 5.97 Å². The van der Waals surface area contributed by atoms with E-state index in [2.05, 4.69) is 0 Å². The van der Waals surface area contributed by atoms with Crippen LogP contribution in [-0.2, 0) is 10.2 Å². The van der Waals surface area contributed by atoms with E-state index in [0.717, 1.165) is 24.8 Å². The average Bonchev–Trinajstić information content (AvgIpc) is 2.47. The first-order valence-electron chi connectivity index (χ1n) is 6.73. The van der Waals surface area contributed by atoms with Crippen molar-refractivity contribution in [1.29, 1.82) is 0 Å². The fourth-order valence-corrected chi connectivity index (χ4v) is 2.91. The number of rotatable bonds is 4. The second-order valence-corrected chi connectivity index (χ2v) is 5.27. The summed E-state index contributed by atoms with van der Waals surface area (Å²) in [6, 6.07) is 6.95. The average molecular weight is 264 g/mol. The number of aliphatic hydroxyl groups is 2. The van der Waals surface area contributed by atoms with Crippen LogP contribution in [0.15, 0.2) is 24.3 Å². The lowest BCUT2D eigenvalue weighted by Gasteiger charge is -2.33. The van der Waals surface area contributed by atoms with Crippen molar-refractivity contribution in [2.45, 2.75) is 43.6 Å². The molecule has 4 nitrogen and oxygen atoms in total. The van der Waals surface area contributed by atoms with E-state index < -0.39 is 17.5 Å². The molecule has 0 radical (unpaired) electrons. The summed E-state index contributed by atoms with van der Waals surface area (Å²) in [7, 11) is 0. The second kappa shape index (κ2) is 5.72. The number of aliphatic hydroxyl groups excluding tert-OH is 2. The number of carboxylic acid groups (broad SMARTS) is 1. The maximum absolute atomic E-state index is 11.7. The molecule has 4 heteroatoms. The molecule has 1 atom stereocenters. The van der Waals surface area contributed by atoms with E-state index in [1.54, 1.807) is 24.3 Å². The molecule has 1 aliphatic carbocycles. The Labute approximate surface area is 112 Å². The van der Waals surface area contributed by atoms with Crippen LogP contribution in [0.4, 0.5) is 0 Å². The summed E-state index contributed by atoms with van der Waals surface area (Å²) in [6.07, 6.45) is 3.41. The predicted molar refractivity (Wildman–Crippen MR) is 70.9 cm³/mol. The van der Waals surface area contributed by atoms with Gasteiger partial charge in [0, 0.05) is 0 Å². The SMILES string of the molecule is O=C(O)C1(c2ccc(C(O)CO)cc2)CCCCC1. The second-order valence-electron chi connectivity index (χ2n) is 5.27. The first-order valence-corrected chi connectivity index (χ1v) is 6.73. The highest BCUT2D eigenvalue weighted by molar-refractivity contribution is 5.81. The van der Waals surface area contributed by atoms with Gasteiger partial charge in [-0.3, -0.25) is 4.79 Å². The lowest BCUT2D eigenvalue weighted by Crippen LogP contribution is -2.37. The number of hydrogen-bond acceptors (Lipinski definition) is 3. The van der Waals surface area contributed by atoms with Crippen molar-refractivity contribution in [2.24, 2.45) is 0 Å². The Kier molecular flexibility index (Phi) is 4.22. The Morgan fingerprint density at radius 1 is 1.16 bits per heavy atom. The summed E-state index contributed by atoms with van der Waals surface area (Å²) in [5.41, 5.74) is 0.636. The highest BCUT2D eigenvalue weighted by Crippen LogP contribution is 2.40. The zero-order chi connectivity index (χ0) is 13.9. The third-order valence-corrected chi connectivity index (χ3v) is 4.14. The summed E-state index contributed by atoms with van der Waals surface area (Å²) >= 11 is 0. The summed E-state index contributed by atoms with van der Waals surface area (Å²) in [5.74, 6) is -0.761. The molecule has 1 aromatic carbocycles. The van der Waals surface area contributed by atoms with Crippen molar-refractivity contribution in [1.82, 2.24) is 0 Å². The molecule has 0 spiro atoms. The molecule has 3 N–H and O–H groups in total. The molecule has 1 saturated carbocycles.